The summed E-state index contributed by atoms with van der Waals surface area (Å²) in [5, 5.41) is 0. The maximum Gasteiger partial charge on any atom is 0.245 e. The van der Waals surface area contributed by atoms with Crippen molar-refractivity contribution in [2.24, 2.45) is 46.8 Å². The van der Waals surface area contributed by atoms with Gasteiger partial charge in [-0.15, -0.1) is 0 Å². The lowest BCUT2D eigenvalue weighted by atomic mass is 9.22. The average molecular weight is 566 g/mol. The molecule has 0 bridgehead atoms. The van der Waals surface area contributed by atoms with Crippen LogP contribution in [0.2, 0.25) is 0 Å². The van der Waals surface area contributed by atoms with E-state index in [0.717, 1.165) is 42.7 Å². The number of hydrogen-bond acceptors (Lipinski definition) is 4. The van der Waals surface area contributed by atoms with Gasteiger partial charge in [-0.2, -0.15) is 0 Å². The Kier molecular flexibility index (Phi) is 6.91. The minimum atomic E-state index is -1.20. The van der Waals surface area contributed by atoms with Crippen molar-refractivity contribution in [2.45, 2.75) is 97.8 Å². The van der Waals surface area contributed by atoms with Crippen molar-refractivity contribution in [1.29, 1.82) is 0 Å². The number of benzene rings is 1. The molecule has 1 aromatic carbocycles. The molecule has 7 heteroatoms. The zero-order chi connectivity index (χ0) is 28.6. The third kappa shape index (κ3) is 4.18. The van der Waals surface area contributed by atoms with Crippen LogP contribution in [0.4, 0.5) is 4.39 Å². The summed E-state index contributed by atoms with van der Waals surface area (Å²) < 4.78 is 21.7. The third-order valence-corrected chi connectivity index (χ3v) is 12.3. The molecule has 0 radical (unpaired) electrons. The zero-order valence-electron chi connectivity index (χ0n) is 25.3. The molecule has 4 aliphatic carbocycles. The Morgan fingerprint density at radius 1 is 1.07 bits per heavy atom. The molecule has 2 heterocycles. The fraction of sp³-hybridized carbons (Fsp3) is 0.765. The maximum atomic E-state index is 15.7. The molecular weight excluding hydrogens is 517 g/mol. The number of nitrogens with zero attached hydrogens (tertiary/aromatic N) is 3. The fourth-order valence-electron chi connectivity index (χ4n) is 9.82. The molecule has 10 unspecified atom stereocenters. The fourth-order valence-corrected chi connectivity index (χ4v) is 9.82. The van der Waals surface area contributed by atoms with Crippen LogP contribution in [-0.2, 0) is 16.1 Å². The van der Waals surface area contributed by atoms with Crippen molar-refractivity contribution in [2.75, 3.05) is 19.6 Å². The second kappa shape index (κ2) is 10.2. The van der Waals surface area contributed by atoms with E-state index < -0.39 is 12.4 Å². The molecule has 0 aromatic heterocycles. The van der Waals surface area contributed by atoms with Gasteiger partial charge in [0.2, 0.25) is 18.2 Å². The number of rotatable bonds is 10. The Morgan fingerprint density at radius 3 is 2.46 bits per heavy atom. The molecule has 2 saturated heterocycles. The summed E-state index contributed by atoms with van der Waals surface area (Å²) in [6, 6.07) is 7.54. The van der Waals surface area contributed by atoms with E-state index in [0.29, 0.717) is 61.9 Å². The van der Waals surface area contributed by atoms with Gasteiger partial charge in [0.1, 0.15) is 18.0 Å². The van der Waals surface area contributed by atoms with Crippen LogP contribution in [0.15, 0.2) is 24.3 Å². The SMILES string of the molecule is CCC(C)CN1CC2N(Cc3ccc(OC(F)C45CCC4C4C6CCC6C45)cc3)CCC(=O)N2C(CC(C)C)C1=O. The monoisotopic (exact) mass is 565 g/mol. The van der Waals surface area contributed by atoms with Gasteiger partial charge in [0.25, 0.3) is 0 Å². The summed E-state index contributed by atoms with van der Waals surface area (Å²) in [6.07, 6.45) is 5.65. The maximum absolute atomic E-state index is 15.7. The molecule has 2 amide bonds. The first-order chi connectivity index (χ1) is 19.7. The molecule has 0 N–H and O–H groups in total. The van der Waals surface area contributed by atoms with E-state index in [1.54, 1.807) is 0 Å². The Balaban J connectivity index is 1.03. The van der Waals surface area contributed by atoms with Gasteiger partial charge in [0.05, 0.1) is 6.54 Å². The Bertz CT molecular complexity index is 1170. The first kappa shape index (κ1) is 27.7. The summed E-state index contributed by atoms with van der Waals surface area (Å²) in [6.45, 7) is 11.3. The quantitative estimate of drug-likeness (QED) is 0.365. The predicted octanol–water partition coefficient (Wildman–Crippen LogP) is 5.71. The van der Waals surface area contributed by atoms with Crippen molar-refractivity contribution in [3.05, 3.63) is 29.8 Å². The first-order valence-corrected chi connectivity index (χ1v) is 16.5. The zero-order valence-corrected chi connectivity index (χ0v) is 25.3. The van der Waals surface area contributed by atoms with E-state index in [4.69, 9.17) is 4.74 Å². The second-order valence-electron chi connectivity index (χ2n) is 14.7. The van der Waals surface area contributed by atoms with Crippen molar-refractivity contribution >= 4 is 11.8 Å². The lowest BCUT2D eigenvalue weighted by Crippen LogP contribution is -2.80. The molecule has 224 valence electrons. The van der Waals surface area contributed by atoms with Gasteiger partial charge in [0, 0.05) is 31.5 Å². The molecule has 41 heavy (non-hydrogen) atoms. The molecule has 2 aliphatic heterocycles. The highest BCUT2D eigenvalue weighted by Gasteiger charge is 2.81. The number of piperazine rings is 1. The third-order valence-electron chi connectivity index (χ3n) is 12.3. The normalized spacial score (nSPS) is 38.8. The van der Waals surface area contributed by atoms with Gasteiger partial charge in [-0.1, -0.05) is 46.2 Å². The van der Waals surface area contributed by atoms with Crippen molar-refractivity contribution < 1.29 is 18.7 Å². The highest BCUT2D eigenvalue weighted by molar-refractivity contribution is 5.89. The molecule has 6 nitrogen and oxygen atoms in total. The molecule has 7 rings (SSSR count). The molecule has 10 atom stereocenters. The number of amides is 2. The van der Waals surface area contributed by atoms with Gasteiger partial charge in [0.15, 0.2) is 0 Å². The van der Waals surface area contributed by atoms with E-state index in [-0.39, 0.29) is 23.4 Å². The van der Waals surface area contributed by atoms with Crippen molar-refractivity contribution in [1.82, 2.24) is 14.7 Å². The van der Waals surface area contributed by atoms with Gasteiger partial charge < -0.3 is 14.5 Å². The number of halogens is 1. The van der Waals surface area contributed by atoms with Crippen LogP contribution in [0.5, 0.6) is 5.75 Å². The highest BCUT2D eigenvalue weighted by Crippen LogP contribution is 2.83. The summed E-state index contributed by atoms with van der Waals surface area (Å²) in [7, 11) is 0. The Labute approximate surface area is 244 Å². The topological polar surface area (TPSA) is 53.1 Å². The lowest BCUT2D eigenvalue weighted by Gasteiger charge is -2.82. The molecular formula is C34H48FN3O3. The van der Waals surface area contributed by atoms with Crippen LogP contribution in [0.3, 0.4) is 0 Å². The minimum absolute atomic E-state index is 0.0952. The summed E-state index contributed by atoms with van der Waals surface area (Å²) in [5.41, 5.74) is 0.911. The minimum Gasteiger partial charge on any atom is -0.460 e. The smallest absolute Gasteiger partial charge is 0.245 e. The van der Waals surface area contributed by atoms with Crippen molar-refractivity contribution in [3.63, 3.8) is 0 Å². The number of carbonyl (C=O) groups excluding carboxylic acids is 2. The molecule has 6 fully saturated rings. The van der Waals surface area contributed by atoms with Crippen LogP contribution >= 0.6 is 0 Å². The standard InChI is InChI=1S/C34H48FN3O3/c1-5-21(4)17-37-19-28-36(15-13-29(39)38(28)27(32(37)40)16-20(2)3)18-22-6-8-23(9-7-22)41-33(35)34-14-12-26(34)30-24-10-11-25(24)31(30)34/h6-9,20-21,24-28,30-31,33H,5,10-19H2,1-4H3. The van der Waals surface area contributed by atoms with Crippen LogP contribution < -0.4 is 4.74 Å². The van der Waals surface area contributed by atoms with Crippen LogP contribution in [0.1, 0.15) is 78.2 Å². The van der Waals surface area contributed by atoms with Crippen molar-refractivity contribution in [3.8, 4) is 5.75 Å². The number of carbonyl (C=O) groups is 2. The second-order valence-corrected chi connectivity index (χ2v) is 14.7. The van der Waals surface area contributed by atoms with E-state index in [9.17, 15) is 9.59 Å². The highest BCUT2D eigenvalue weighted by atomic mass is 19.1. The van der Waals surface area contributed by atoms with E-state index >= 15 is 4.39 Å². The summed E-state index contributed by atoms with van der Waals surface area (Å²) in [5.74, 6) is 5.14. The number of alkyl halides is 1. The Hall–Kier alpha value is -2.15. The van der Waals surface area contributed by atoms with Crippen LogP contribution in [0.25, 0.3) is 0 Å². The lowest BCUT2D eigenvalue weighted by molar-refractivity contribution is -0.383. The average Bonchev–Trinajstić information content (AvgIpc) is 2.91. The molecule has 1 aromatic rings. The number of fused-ring (bicyclic) bond motifs is 8. The van der Waals surface area contributed by atoms with Crippen LogP contribution in [-0.4, -0.2) is 64.7 Å². The van der Waals surface area contributed by atoms with E-state index in [2.05, 4.69) is 32.6 Å². The first-order valence-electron chi connectivity index (χ1n) is 16.5. The van der Waals surface area contributed by atoms with Gasteiger partial charge in [-0.3, -0.25) is 14.5 Å². The molecule has 0 spiro atoms. The van der Waals surface area contributed by atoms with Gasteiger partial charge >= 0.3 is 0 Å². The molecule has 6 aliphatic rings. The number of ether oxygens (including phenoxy) is 1. The number of hydrogen-bond donors (Lipinski definition) is 0. The summed E-state index contributed by atoms with van der Waals surface area (Å²) >= 11 is 0. The van der Waals surface area contributed by atoms with Gasteiger partial charge in [-0.25, -0.2) is 4.39 Å². The largest absolute Gasteiger partial charge is 0.460 e. The van der Waals surface area contributed by atoms with Crippen LogP contribution in [0, 0.1) is 46.8 Å². The predicted molar refractivity (Wildman–Crippen MR) is 155 cm³/mol. The van der Waals surface area contributed by atoms with Gasteiger partial charge in [-0.05, 0) is 91.2 Å². The van der Waals surface area contributed by atoms with E-state index in [1.165, 1.54) is 19.3 Å². The molecule has 4 saturated carbocycles. The van der Waals surface area contributed by atoms with E-state index in [1.807, 2.05) is 34.1 Å². The summed E-state index contributed by atoms with van der Waals surface area (Å²) in [4.78, 5) is 33.0. The Morgan fingerprint density at radius 2 is 1.83 bits per heavy atom.